The predicted molar refractivity (Wildman–Crippen MR) is 75.6 cm³/mol. The zero-order valence-electron chi connectivity index (χ0n) is 13.3. The molecule has 1 saturated heterocycles. The van der Waals surface area contributed by atoms with Crippen LogP contribution in [0.4, 0.5) is 8.78 Å². The molecule has 2 aliphatic rings. The summed E-state index contributed by atoms with van der Waals surface area (Å²) in [5.74, 6) is -2.42. The second kappa shape index (κ2) is 5.09. The van der Waals surface area contributed by atoms with Gasteiger partial charge in [0.25, 0.3) is 11.8 Å². The van der Waals surface area contributed by atoms with Crippen molar-refractivity contribution in [3.8, 4) is 0 Å². The van der Waals surface area contributed by atoms with Crippen LogP contribution in [0.5, 0.6) is 0 Å². The molecule has 2 aromatic heterocycles. The maximum Gasteiger partial charge on any atom is 0.267 e. The van der Waals surface area contributed by atoms with E-state index in [1.807, 2.05) is 0 Å². The molecule has 24 heavy (non-hydrogen) atoms. The SMILES string of the molecule is Cc1noc(C)c1C(=O)N1CC(F)(F)C[C@H]1c1nc(C2CC2)no1. The number of aromatic nitrogens is 3. The lowest BCUT2D eigenvalue weighted by atomic mass is 10.1. The Balaban J connectivity index is 1.67. The van der Waals surface area contributed by atoms with Crippen molar-refractivity contribution in [2.75, 3.05) is 6.54 Å². The van der Waals surface area contributed by atoms with Gasteiger partial charge in [-0.1, -0.05) is 10.3 Å². The zero-order chi connectivity index (χ0) is 17.1. The first kappa shape index (κ1) is 15.2. The Morgan fingerprint density at radius 3 is 2.62 bits per heavy atom. The molecular formula is C15H16F2N4O3. The van der Waals surface area contributed by atoms with Crippen molar-refractivity contribution in [1.29, 1.82) is 0 Å². The van der Waals surface area contributed by atoms with Crippen molar-refractivity contribution >= 4 is 5.91 Å². The highest BCUT2D eigenvalue weighted by Crippen LogP contribution is 2.43. The number of hydrogen-bond donors (Lipinski definition) is 0. The van der Waals surface area contributed by atoms with Crippen LogP contribution >= 0.6 is 0 Å². The van der Waals surface area contributed by atoms with E-state index in [9.17, 15) is 13.6 Å². The second-order valence-electron chi connectivity index (χ2n) is 6.47. The molecule has 0 unspecified atom stereocenters. The molecule has 2 aromatic rings. The van der Waals surface area contributed by atoms with Gasteiger partial charge in [-0.25, -0.2) is 8.78 Å². The molecule has 4 rings (SSSR count). The van der Waals surface area contributed by atoms with Crippen molar-refractivity contribution in [3.63, 3.8) is 0 Å². The van der Waals surface area contributed by atoms with Crippen molar-refractivity contribution in [2.24, 2.45) is 0 Å². The van der Waals surface area contributed by atoms with E-state index in [1.54, 1.807) is 13.8 Å². The van der Waals surface area contributed by atoms with E-state index in [1.165, 1.54) is 0 Å². The monoisotopic (exact) mass is 338 g/mol. The molecule has 0 spiro atoms. The van der Waals surface area contributed by atoms with Crippen LogP contribution in [0.3, 0.4) is 0 Å². The third-order valence-electron chi connectivity index (χ3n) is 4.46. The smallest absolute Gasteiger partial charge is 0.267 e. The Morgan fingerprint density at radius 1 is 1.25 bits per heavy atom. The molecule has 3 heterocycles. The number of alkyl halides is 2. The minimum Gasteiger partial charge on any atom is -0.361 e. The number of rotatable bonds is 3. The van der Waals surface area contributed by atoms with E-state index in [0.717, 1.165) is 17.7 Å². The molecular weight excluding hydrogens is 322 g/mol. The van der Waals surface area contributed by atoms with Crippen LogP contribution in [0.2, 0.25) is 0 Å². The molecule has 0 bridgehead atoms. The summed E-state index contributed by atoms with van der Waals surface area (Å²) in [6, 6.07) is -0.943. The average Bonchev–Trinajstić information content (AvgIpc) is 3.01. The van der Waals surface area contributed by atoms with Gasteiger partial charge in [-0.2, -0.15) is 4.98 Å². The Labute approximate surface area is 136 Å². The summed E-state index contributed by atoms with van der Waals surface area (Å²) in [5.41, 5.74) is 0.579. The Morgan fingerprint density at radius 2 is 2.00 bits per heavy atom. The largest absolute Gasteiger partial charge is 0.361 e. The lowest BCUT2D eigenvalue weighted by Gasteiger charge is -2.20. The first-order chi connectivity index (χ1) is 11.4. The minimum absolute atomic E-state index is 0.0641. The first-order valence-electron chi connectivity index (χ1n) is 7.81. The van der Waals surface area contributed by atoms with E-state index in [2.05, 4.69) is 15.3 Å². The molecule has 0 aromatic carbocycles. The summed E-state index contributed by atoms with van der Waals surface area (Å²) in [6.07, 6.45) is 1.41. The first-order valence-corrected chi connectivity index (χ1v) is 7.81. The van der Waals surface area contributed by atoms with E-state index < -0.39 is 30.8 Å². The number of likely N-dealkylation sites (tertiary alicyclic amines) is 1. The molecule has 1 saturated carbocycles. The van der Waals surface area contributed by atoms with E-state index in [4.69, 9.17) is 9.05 Å². The van der Waals surface area contributed by atoms with Gasteiger partial charge in [0.1, 0.15) is 17.4 Å². The maximum atomic E-state index is 14.0. The summed E-state index contributed by atoms with van der Waals surface area (Å²) in [6.45, 7) is 2.49. The molecule has 0 radical (unpaired) electrons. The average molecular weight is 338 g/mol. The van der Waals surface area contributed by atoms with Crippen LogP contribution in [0, 0.1) is 13.8 Å². The van der Waals surface area contributed by atoms with E-state index in [-0.39, 0.29) is 17.4 Å². The van der Waals surface area contributed by atoms with Gasteiger partial charge in [0.15, 0.2) is 5.82 Å². The molecule has 1 aliphatic carbocycles. The van der Waals surface area contributed by atoms with Crippen LogP contribution in [-0.4, -0.2) is 38.6 Å². The summed E-state index contributed by atoms with van der Waals surface area (Å²) >= 11 is 0. The van der Waals surface area contributed by atoms with E-state index in [0.29, 0.717) is 17.3 Å². The van der Waals surface area contributed by atoms with Gasteiger partial charge < -0.3 is 13.9 Å². The van der Waals surface area contributed by atoms with Crippen molar-refractivity contribution < 1.29 is 22.6 Å². The van der Waals surface area contributed by atoms with Gasteiger partial charge >= 0.3 is 0 Å². The number of carbonyl (C=O) groups is 1. The summed E-state index contributed by atoms with van der Waals surface area (Å²) < 4.78 is 38.1. The summed E-state index contributed by atoms with van der Waals surface area (Å²) in [7, 11) is 0. The highest BCUT2D eigenvalue weighted by atomic mass is 19.3. The van der Waals surface area contributed by atoms with Gasteiger partial charge in [0.2, 0.25) is 5.89 Å². The number of hydrogen-bond acceptors (Lipinski definition) is 6. The summed E-state index contributed by atoms with van der Waals surface area (Å²) in [5, 5.41) is 7.58. The number of halogens is 2. The Hall–Kier alpha value is -2.32. The third-order valence-corrected chi connectivity index (χ3v) is 4.46. The van der Waals surface area contributed by atoms with Crippen LogP contribution in [0.25, 0.3) is 0 Å². The molecule has 2 fully saturated rings. The lowest BCUT2D eigenvalue weighted by molar-refractivity contribution is 0.0116. The molecule has 7 nitrogen and oxygen atoms in total. The van der Waals surface area contributed by atoms with Crippen LogP contribution < -0.4 is 0 Å². The van der Waals surface area contributed by atoms with Gasteiger partial charge in [-0.3, -0.25) is 4.79 Å². The lowest BCUT2D eigenvalue weighted by Crippen LogP contribution is -2.33. The standard InChI is InChI=1S/C15H16F2N4O3/c1-7-11(8(2)23-19-7)14(22)21-6-15(16,17)5-10(21)13-18-12(20-24-13)9-3-4-9/h9-10H,3-6H2,1-2H3/t10-/m0/s1. The fraction of sp³-hybridized carbons (Fsp3) is 0.600. The molecule has 0 N–H and O–H groups in total. The molecule has 1 atom stereocenters. The Kier molecular flexibility index (Phi) is 3.23. The summed E-state index contributed by atoms with van der Waals surface area (Å²) in [4.78, 5) is 18.1. The normalized spacial score (nSPS) is 23.0. The quantitative estimate of drug-likeness (QED) is 0.855. The maximum absolute atomic E-state index is 14.0. The predicted octanol–water partition coefficient (Wildman–Crippen LogP) is 2.77. The van der Waals surface area contributed by atoms with E-state index >= 15 is 0 Å². The highest BCUT2D eigenvalue weighted by molar-refractivity contribution is 5.96. The Bertz CT molecular complexity index is 777. The highest BCUT2D eigenvalue weighted by Gasteiger charge is 2.51. The topological polar surface area (TPSA) is 85.3 Å². The van der Waals surface area contributed by atoms with Gasteiger partial charge in [0.05, 0.1) is 12.2 Å². The molecule has 9 heteroatoms. The van der Waals surface area contributed by atoms with Crippen LogP contribution in [0.1, 0.15) is 64.7 Å². The zero-order valence-corrected chi connectivity index (χ0v) is 13.3. The van der Waals surface area contributed by atoms with Crippen molar-refractivity contribution in [1.82, 2.24) is 20.2 Å². The van der Waals surface area contributed by atoms with Gasteiger partial charge in [-0.15, -0.1) is 0 Å². The fourth-order valence-corrected chi connectivity index (χ4v) is 3.07. The van der Waals surface area contributed by atoms with Gasteiger partial charge in [0, 0.05) is 12.3 Å². The second-order valence-corrected chi connectivity index (χ2v) is 6.47. The number of nitrogens with zero attached hydrogens (tertiary/aromatic N) is 4. The van der Waals surface area contributed by atoms with Crippen molar-refractivity contribution in [3.05, 3.63) is 28.7 Å². The van der Waals surface area contributed by atoms with Crippen molar-refractivity contribution in [2.45, 2.75) is 51.0 Å². The minimum atomic E-state index is -3.01. The molecule has 1 aliphatic heterocycles. The number of aryl methyl sites for hydroxylation is 2. The fourth-order valence-electron chi connectivity index (χ4n) is 3.07. The molecule has 1 amide bonds. The third kappa shape index (κ3) is 2.47. The molecule has 128 valence electrons. The van der Waals surface area contributed by atoms with Gasteiger partial charge in [-0.05, 0) is 26.7 Å². The number of amides is 1. The number of carbonyl (C=O) groups excluding carboxylic acids is 1. The van der Waals surface area contributed by atoms with Crippen LogP contribution in [-0.2, 0) is 0 Å². The van der Waals surface area contributed by atoms with Crippen LogP contribution in [0.15, 0.2) is 9.05 Å².